The molecule has 1 aliphatic carbocycles. The third-order valence-electron chi connectivity index (χ3n) is 5.59. The molecule has 0 bridgehead atoms. The highest BCUT2D eigenvalue weighted by Crippen LogP contribution is 2.30. The van der Waals surface area contributed by atoms with E-state index >= 15 is 0 Å². The summed E-state index contributed by atoms with van der Waals surface area (Å²) in [5, 5.41) is 6.03. The number of anilines is 1. The zero-order chi connectivity index (χ0) is 20.5. The van der Waals surface area contributed by atoms with Gasteiger partial charge in [-0.3, -0.25) is 9.59 Å². The lowest BCUT2D eigenvalue weighted by Gasteiger charge is -2.27. The number of carbonyl (C=O) groups is 2. The summed E-state index contributed by atoms with van der Waals surface area (Å²) in [5.74, 6) is 0.857. The van der Waals surface area contributed by atoms with E-state index in [-0.39, 0.29) is 23.7 Å². The molecular formula is C24H30N2O3. The Balaban J connectivity index is 1.36. The summed E-state index contributed by atoms with van der Waals surface area (Å²) in [7, 11) is 1.61. The third-order valence-corrected chi connectivity index (χ3v) is 5.59. The van der Waals surface area contributed by atoms with E-state index in [0.29, 0.717) is 6.54 Å². The van der Waals surface area contributed by atoms with E-state index in [1.807, 2.05) is 42.5 Å². The van der Waals surface area contributed by atoms with Crippen LogP contribution < -0.4 is 15.4 Å². The van der Waals surface area contributed by atoms with E-state index in [1.54, 1.807) is 7.11 Å². The Morgan fingerprint density at radius 3 is 2.31 bits per heavy atom. The number of amides is 2. The standard InChI is InChI=1S/C24H30N2O3/c1-29-22-11-5-10-21(17-22)26-24(28)20-14-12-19(13-15-20)23(27)25-16-6-9-18-7-3-2-4-8-18/h2-5,7-8,10-11,17,19-20H,6,9,12-16H2,1H3,(H,25,27)(H,26,28). The Kier molecular flexibility index (Phi) is 7.68. The number of rotatable bonds is 8. The lowest BCUT2D eigenvalue weighted by Crippen LogP contribution is -2.36. The van der Waals surface area contributed by atoms with Crippen LogP contribution in [0.3, 0.4) is 0 Å². The van der Waals surface area contributed by atoms with E-state index in [2.05, 4.69) is 22.8 Å². The normalized spacial score (nSPS) is 18.7. The number of ether oxygens (including phenoxy) is 1. The van der Waals surface area contributed by atoms with Gasteiger partial charge in [0.2, 0.25) is 11.8 Å². The highest BCUT2D eigenvalue weighted by molar-refractivity contribution is 5.93. The number of hydrogen-bond donors (Lipinski definition) is 2. The first-order valence-electron chi connectivity index (χ1n) is 10.4. The van der Waals surface area contributed by atoms with Crippen molar-refractivity contribution in [3.8, 4) is 5.75 Å². The molecule has 154 valence electrons. The minimum atomic E-state index is -0.0386. The molecule has 2 amide bonds. The number of aryl methyl sites for hydroxylation is 1. The van der Waals surface area contributed by atoms with Gasteiger partial charge in [0.15, 0.2) is 0 Å². The van der Waals surface area contributed by atoms with E-state index in [4.69, 9.17) is 4.74 Å². The fraction of sp³-hybridized carbons (Fsp3) is 0.417. The molecule has 1 aliphatic rings. The molecule has 2 aromatic carbocycles. The Bertz CT molecular complexity index is 799. The predicted octanol–water partition coefficient (Wildman–Crippen LogP) is 4.19. The van der Waals surface area contributed by atoms with Gasteiger partial charge in [0, 0.05) is 30.1 Å². The molecule has 5 nitrogen and oxygen atoms in total. The van der Waals surface area contributed by atoms with E-state index in [1.165, 1.54) is 5.56 Å². The van der Waals surface area contributed by atoms with Crippen molar-refractivity contribution in [2.45, 2.75) is 38.5 Å². The molecule has 0 unspecified atom stereocenters. The minimum absolute atomic E-state index is 0.0209. The van der Waals surface area contributed by atoms with Gasteiger partial charge in [-0.15, -0.1) is 0 Å². The van der Waals surface area contributed by atoms with Crippen molar-refractivity contribution in [1.29, 1.82) is 0 Å². The maximum atomic E-state index is 12.5. The lowest BCUT2D eigenvalue weighted by atomic mass is 9.81. The molecule has 0 atom stereocenters. The van der Waals surface area contributed by atoms with Gasteiger partial charge in [0.1, 0.15) is 5.75 Å². The summed E-state index contributed by atoms with van der Waals surface area (Å²) in [6.45, 7) is 0.698. The second-order valence-corrected chi connectivity index (χ2v) is 7.65. The monoisotopic (exact) mass is 394 g/mol. The molecule has 2 aromatic rings. The number of methoxy groups -OCH3 is 1. The molecule has 2 N–H and O–H groups in total. The second-order valence-electron chi connectivity index (χ2n) is 7.65. The maximum absolute atomic E-state index is 12.5. The molecule has 0 spiro atoms. The van der Waals surface area contributed by atoms with Crippen molar-refractivity contribution in [2.75, 3.05) is 19.0 Å². The van der Waals surface area contributed by atoms with Gasteiger partial charge in [-0.25, -0.2) is 0 Å². The number of hydrogen-bond acceptors (Lipinski definition) is 3. The van der Waals surface area contributed by atoms with Gasteiger partial charge >= 0.3 is 0 Å². The topological polar surface area (TPSA) is 67.4 Å². The highest BCUT2D eigenvalue weighted by atomic mass is 16.5. The molecule has 1 saturated carbocycles. The van der Waals surface area contributed by atoms with Crippen LogP contribution in [0.5, 0.6) is 5.75 Å². The van der Waals surface area contributed by atoms with Crippen molar-refractivity contribution in [1.82, 2.24) is 5.32 Å². The lowest BCUT2D eigenvalue weighted by molar-refractivity contribution is -0.128. The van der Waals surface area contributed by atoms with Crippen molar-refractivity contribution < 1.29 is 14.3 Å². The Hall–Kier alpha value is -2.82. The van der Waals surface area contributed by atoms with Crippen molar-refractivity contribution in [3.05, 3.63) is 60.2 Å². The second kappa shape index (κ2) is 10.6. The first-order valence-corrected chi connectivity index (χ1v) is 10.4. The average molecular weight is 395 g/mol. The van der Waals surface area contributed by atoms with Crippen LogP contribution in [0.15, 0.2) is 54.6 Å². The van der Waals surface area contributed by atoms with E-state index in [0.717, 1.165) is 50.0 Å². The van der Waals surface area contributed by atoms with Crippen LogP contribution in [-0.4, -0.2) is 25.5 Å². The molecule has 0 aromatic heterocycles. The molecule has 5 heteroatoms. The van der Waals surface area contributed by atoms with Crippen LogP contribution in [0, 0.1) is 11.8 Å². The summed E-state index contributed by atoms with van der Waals surface area (Å²) in [4.78, 5) is 25.0. The molecule has 1 fully saturated rings. The molecule has 0 heterocycles. The van der Waals surface area contributed by atoms with Crippen molar-refractivity contribution in [3.63, 3.8) is 0 Å². The maximum Gasteiger partial charge on any atom is 0.227 e. The third kappa shape index (κ3) is 6.34. The molecule has 0 radical (unpaired) electrons. The van der Waals surface area contributed by atoms with Crippen LogP contribution in [0.25, 0.3) is 0 Å². The largest absolute Gasteiger partial charge is 0.497 e. The average Bonchev–Trinajstić information content (AvgIpc) is 2.77. The fourth-order valence-electron chi connectivity index (χ4n) is 3.86. The van der Waals surface area contributed by atoms with Crippen molar-refractivity contribution >= 4 is 17.5 Å². The van der Waals surface area contributed by atoms with Crippen LogP contribution in [-0.2, 0) is 16.0 Å². The Labute approximate surface area is 172 Å². The molecule has 29 heavy (non-hydrogen) atoms. The highest BCUT2D eigenvalue weighted by Gasteiger charge is 2.29. The minimum Gasteiger partial charge on any atom is -0.497 e. The smallest absolute Gasteiger partial charge is 0.227 e. The molecule has 3 rings (SSSR count). The number of benzene rings is 2. The van der Waals surface area contributed by atoms with Crippen molar-refractivity contribution in [2.24, 2.45) is 11.8 Å². The predicted molar refractivity (Wildman–Crippen MR) is 115 cm³/mol. The molecule has 0 aliphatic heterocycles. The van der Waals surface area contributed by atoms with Gasteiger partial charge in [-0.05, 0) is 56.2 Å². The van der Waals surface area contributed by atoms with Crippen LogP contribution in [0.2, 0.25) is 0 Å². The number of nitrogens with one attached hydrogen (secondary N) is 2. The Morgan fingerprint density at radius 1 is 0.931 bits per heavy atom. The Morgan fingerprint density at radius 2 is 1.62 bits per heavy atom. The van der Waals surface area contributed by atoms with Gasteiger partial charge < -0.3 is 15.4 Å². The SMILES string of the molecule is COc1cccc(NC(=O)C2CCC(C(=O)NCCCc3ccccc3)CC2)c1. The fourth-order valence-corrected chi connectivity index (χ4v) is 3.86. The summed E-state index contributed by atoms with van der Waals surface area (Å²) < 4.78 is 5.19. The quantitative estimate of drug-likeness (QED) is 0.660. The van der Waals surface area contributed by atoms with Crippen LogP contribution in [0.4, 0.5) is 5.69 Å². The van der Waals surface area contributed by atoms with Gasteiger partial charge in [0.25, 0.3) is 0 Å². The first kappa shape index (κ1) is 20.9. The first-order chi connectivity index (χ1) is 14.2. The van der Waals surface area contributed by atoms with Gasteiger partial charge in [-0.2, -0.15) is 0 Å². The summed E-state index contributed by atoms with van der Waals surface area (Å²) in [6, 6.07) is 17.7. The van der Waals surface area contributed by atoms with Crippen LogP contribution >= 0.6 is 0 Å². The summed E-state index contributed by atoms with van der Waals surface area (Å²) >= 11 is 0. The molecular weight excluding hydrogens is 364 g/mol. The zero-order valence-electron chi connectivity index (χ0n) is 17.0. The van der Waals surface area contributed by atoms with Gasteiger partial charge in [0.05, 0.1) is 7.11 Å². The van der Waals surface area contributed by atoms with Crippen LogP contribution in [0.1, 0.15) is 37.7 Å². The summed E-state index contributed by atoms with van der Waals surface area (Å²) in [6.07, 6.45) is 4.93. The van der Waals surface area contributed by atoms with E-state index in [9.17, 15) is 9.59 Å². The number of carbonyl (C=O) groups excluding carboxylic acids is 2. The zero-order valence-corrected chi connectivity index (χ0v) is 17.0. The van der Waals surface area contributed by atoms with E-state index < -0.39 is 0 Å². The molecule has 0 saturated heterocycles. The van der Waals surface area contributed by atoms with Gasteiger partial charge in [-0.1, -0.05) is 36.4 Å². The summed E-state index contributed by atoms with van der Waals surface area (Å²) in [5.41, 5.74) is 2.04.